The van der Waals surface area contributed by atoms with Crippen LogP contribution in [0.15, 0.2) is 12.1 Å². The van der Waals surface area contributed by atoms with Gasteiger partial charge in [-0.05, 0) is 24.5 Å². The maximum Gasteiger partial charge on any atom is 0.303 e. The van der Waals surface area contributed by atoms with Crippen molar-refractivity contribution in [2.75, 3.05) is 6.54 Å². The van der Waals surface area contributed by atoms with Crippen LogP contribution in [0, 0.1) is 23.4 Å². The predicted molar refractivity (Wildman–Crippen MR) is 64.7 cm³/mol. The SMILES string of the molecule is CC(CCC(=O)O)CNC(=O)c1cc(F)c(F)c(F)c1. The van der Waals surface area contributed by atoms with E-state index in [1.807, 2.05) is 0 Å². The third kappa shape index (κ3) is 4.56. The van der Waals surface area contributed by atoms with E-state index in [1.165, 1.54) is 0 Å². The first-order valence-electron chi connectivity index (χ1n) is 5.95. The number of aliphatic carboxylic acids is 1. The van der Waals surface area contributed by atoms with Gasteiger partial charge in [-0.3, -0.25) is 9.59 Å². The highest BCUT2D eigenvalue weighted by atomic mass is 19.2. The van der Waals surface area contributed by atoms with Crippen LogP contribution < -0.4 is 5.32 Å². The van der Waals surface area contributed by atoms with Crippen LogP contribution in [0.2, 0.25) is 0 Å². The molecule has 0 aliphatic rings. The number of rotatable bonds is 6. The zero-order chi connectivity index (χ0) is 15.3. The maximum absolute atomic E-state index is 12.9. The number of hydrogen-bond donors (Lipinski definition) is 2. The van der Waals surface area contributed by atoms with Gasteiger partial charge in [-0.25, -0.2) is 13.2 Å². The van der Waals surface area contributed by atoms with Gasteiger partial charge in [0.1, 0.15) is 0 Å². The zero-order valence-electron chi connectivity index (χ0n) is 10.8. The minimum absolute atomic E-state index is 0.0309. The lowest BCUT2D eigenvalue weighted by atomic mass is 10.1. The minimum Gasteiger partial charge on any atom is -0.481 e. The summed E-state index contributed by atoms with van der Waals surface area (Å²) in [6.07, 6.45) is 0.332. The maximum atomic E-state index is 12.9. The van der Waals surface area contributed by atoms with Gasteiger partial charge in [0.25, 0.3) is 5.91 Å². The lowest BCUT2D eigenvalue weighted by molar-refractivity contribution is -0.137. The first kappa shape index (κ1) is 16.0. The van der Waals surface area contributed by atoms with E-state index in [1.54, 1.807) is 6.92 Å². The number of carbonyl (C=O) groups excluding carboxylic acids is 1. The van der Waals surface area contributed by atoms with E-state index in [4.69, 9.17) is 5.11 Å². The Morgan fingerprint density at radius 2 is 1.80 bits per heavy atom. The van der Waals surface area contributed by atoms with E-state index in [9.17, 15) is 22.8 Å². The molecule has 1 unspecified atom stereocenters. The first-order chi connectivity index (χ1) is 9.31. The Hall–Kier alpha value is -2.05. The van der Waals surface area contributed by atoms with Crippen LogP contribution in [-0.4, -0.2) is 23.5 Å². The molecule has 1 aromatic rings. The fraction of sp³-hybridized carbons (Fsp3) is 0.385. The van der Waals surface area contributed by atoms with Gasteiger partial charge < -0.3 is 10.4 Å². The van der Waals surface area contributed by atoms with Crippen molar-refractivity contribution in [3.63, 3.8) is 0 Å². The molecule has 110 valence electrons. The molecule has 0 heterocycles. The largest absolute Gasteiger partial charge is 0.481 e. The summed E-state index contributed by atoms with van der Waals surface area (Å²) in [6, 6.07) is 1.21. The Morgan fingerprint density at radius 1 is 1.25 bits per heavy atom. The molecule has 20 heavy (non-hydrogen) atoms. The summed E-state index contributed by atoms with van der Waals surface area (Å²) in [5, 5.41) is 10.9. The molecule has 0 fully saturated rings. The molecule has 1 atom stereocenters. The highest BCUT2D eigenvalue weighted by Crippen LogP contribution is 2.13. The monoisotopic (exact) mass is 289 g/mol. The second-order valence-corrected chi connectivity index (χ2v) is 4.50. The van der Waals surface area contributed by atoms with E-state index in [-0.39, 0.29) is 24.4 Å². The molecule has 2 N–H and O–H groups in total. The van der Waals surface area contributed by atoms with Crippen LogP contribution in [-0.2, 0) is 4.79 Å². The number of carboxylic acids is 1. The Morgan fingerprint density at radius 3 is 2.30 bits per heavy atom. The lowest BCUT2D eigenvalue weighted by Crippen LogP contribution is -2.28. The van der Waals surface area contributed by atoms with E-state index >= 15 is 0 Å². The molecule has 1 rings (SSSR count). The van der Waals surface area contributed by atoms with Gasteiger partial charge in [-0.1, -0.05) is 6.92 Å². The highest BCUT2D eigenvalue weighted by Gasteiger charge is 2.15. The van der Waals surface area contributed by atoms with E-state index in [2.05, 4.69) is 5.32 Å². The van der Waals surface area contributed by atoms with Gasteiger partial charge in [-0.15, -0.1) is 0 Å². The van der Waals surface area contributed by atoms with Crippen molar-refractivity contribution in [1.82, 2.24) is 5.32 Å². The van der Waals surface area contributed by atoms with E-state index in [0.29, 0.717) is 18.6 Å². The molecule has 1 amide bonds. The highest BCUT2D eigenvalue weighted by molar-refractivity contribution is 5.94. The number of nitrogens with one attached hydrogen (secondary N) is 1. The molecule has 0 saturated heterocycles. The Labute approximate surface area is 113 Å². The van der Waals surface area contributed by atoms with Crippen LogP contribution in [0.25, 0.3) is 0 Å². The van der Waals surface area contributed by atoms with Gasteiger partial charge in [0.05, 0.1) is 0 Å². The van der Waals surface area contributed by atoms with Crippen molar-refractivity contribution in [3.8, 4) is 0 Å². The Bertz CT molecular complexity index is 497. The van der Waals surface area contributed by atoms with E-state index < -0.39 is 29.3 Å². The zero-order valence-corrected chi connectivity index (χ0v) is 10.8. The summed E-state index contributed by atoms with van der Waals surface area (Å²) < 4.78 is 38.6. The second kappa shape index (κ2) is 6.93. The van der Waals surface area contributed by atoms with Crippen molar-refractivity contribution in [3.05, 3.63) is 35.1 Å². The number of hydrogen-bond acceptors (Lipinski definition) is 2. The molecule has 0 aliphatic carbocycles. The molecule has 7 heteroatoms. The fourth-order valence-electron chi connectivity index (χ4n) is 1.53. The molecular formula is C13H14F3NO3. The quantitative estimate of drug-likeness (QED) is 0.790. The number of benzene rings is 1. The van der Waals surface area contributed by atoms with Crippen LogP contribution in [0.4, 0.5) is 13.2 Å². The topological polar surface area (TPSA) is 66.4 Å². The van der Waals surface area contributed by atoms with Crippen LogP contribution >= 0.6 is 0 Å². The Balaban J connectivity index is 2.57. The molecular weight excluding hydrogens is 275 g/mol. The number of amides is 1. The average molecular weight is 289 g/mol. The third-order valence-electron chi connectivity index (χ3n) is 2.71. The fourth-order valence-corrected chi connectivity index (χ4v) is 1.53. The average Bonchev–Trinajstić information content (AvgIpc) is 2.39. The van der Waals surface area contributed by atoms with Gasteiger partial charge in [0.15, 0.2) is 17.5 Å². The lowest BCUT2D eigenvalue weighted by Gasteiger charge is -2.11. The second-order valence-electron chi connectivity index (χ2n) is 4.50. The van der Waals surface area contributed by atoms with Crippen molar-refractivity contribution < 1.29 is 27.9 Å². The van der Waals surface area contributed by atoms with Crippen LogP contribution in [0.1, 0.15) is 30.1 Å². The molecule has 0 bridgehead atoms. The van der Waals surface area contributed by atoms with Gasteiger partial charge in [0, 0.05) is 18.5 Å². The number of carbonyl (C=O) groups is 2. The first-order valence-corrected chi connectivity index (χ1v) is 5.95. The molecule has 0 spiro atoms. The smallest absolute Gasteiger partial charge is 0.303 e. The van der Waals surface area contributed by atoms with Crippen molar-refractivity contribution in [1.29, 1.82) is 0 Å². The summed E-state index contributed by atoms with van der Waals surface area (Å²) in [6.45, 7) is 1.89. The summed E-state index contributed by atoms with van der Waals surface area (Å²) in [7, 11) is 0. The molecule has 0 aliphatic heterocycles. The molecule has 0 radical (unpaired) electrons. The number of carboxylic acid groups (broad SMARTS) is 1. The van der Waals surface area contributed by atoms with Gasteiger partial charge in [0.2, 0.25) is 0 Å². The third-order valence-corrected chi connectivity index (χ3v) is 2.71. The van der Waals surface area contributed by atoms with Gasteiger partial charge >= 0.3 is 5.97 Å². The molecule has 1 aromatic carbocycles. The molecule has 4 nitrogen and oxygen atoms in total. The minimum atomic E-state index is -1.63. The molecule has 0 saturated carbocycles. The standard InChI is InChI=1S/C13H14F3NO3/c1-7(2-3-11(18)19)6-17-13(20)8-4-9(14)12(16)10(15)5-8/h4-5,7H,2-3,6H2,1H3,(H,17,20)(H,18,19). The predicted octanol–water partition coefficient (Wildman–Crippen LogP) is 2.33. The Kier molecular flexibility index (Phi) is 5.54. The van der Waals surface area contributed by atoms with Crippen LogP contribution in [0.5, 0.6) is 0 Å². The van der Waals surface area contributed by atoms with Crippen LogP contribution in [0.3, 0.4) is 0 Å². The molecule has 0 aromatic heterocycles. The van der Waals surface area contributed by atoms with Crippen molar-refractivity contribution >= 4 is 11.9 Å². The summed E-state index contributed by atoms with van der Waals surface area (Å²) >= 11 is 0. The van der Waals surface area contributed by atoms with Gasteiger partial charge in [-0.2, -0.15) is 0 Å². The number of halogens is 3. The summed E-state index contributed by atoms with van der Waals surface area (Å²) in [4.78, 5) is 22.0. The van der Waals surface area contributed by atoms with Crippen molar-refractivity contribution in [2.45, 2.75) is 19.8 Å². The normalized spacial score (nSPS) is 12.0. The van der Waals surface area contributed by atoms with E-state index in [0.717, 1.165) is 0 Å². The van der Waals surface area contributed by atoms with Crippen molar-refractivity contribution in [2.24, 2.45) is 5.92 Å². The summed E-state index contributed by atoms with van der Waals surface area (Å²) in [5.41, 5.74) is -0.327. The summed E-state index contributed by atoms with van der Waals surface area (Å²) in [5.74, 6) is -6.29.